The van der Waals surface area contributed by atoms with E-state index < -0.39 is 6.10 Å². The first-order chi connectivity index (χ1) is 17.2. The minimum Gasteiger partial charge on any atom is -0.396 e. The molecule has 0 aliphatic rings. The van der Waals surface area contributed by atoms with Gasteiger partial charge in [0.25, 0.3) is 0 Å². The van der Waals surface area contributed by atoms with Gasteiger partial charge in [0.05, 0.1) is 12.7 Å². The Labute approximate surface area is 220 Å². The van der Waals surface area contributed by atoms with Gasteiger partial charge < -0.3 is 20.4 Å². The fourth-order valence-corrected chi connectivity index (χ4v) is 4.48. The molecule has 0 rings (SSSR count). The second-order valence-corrected chi connectivity index (χ2v) is 10.6. The Hall–Kier alpha value is -0.160. The topological polar surface area (TPSA) is 80.9 Å². The lowest BCUT2D eigenvalue weighted by molar-refractivity contribution is 0.0860. The second kappa shape index (κ2) is 36.0. The van der Waals surface area contributed by atoms with Gasteiger partial charge in [-0.3, -0.25) is 0 Å². The van der Waals surface area contributed by atoms with Gasteiger partial charge in [-0.15, -0.1) is 0 Å². The molecular weight excluding hydrogens is 436 g/mol. The van der Waals surface area contributed by atoms with Crippen LogP contribution in [-0.4, -0.2) is 46.4 Å². The van der Waals surface area contributed by atoms with Crippen LogP contribution in [0, 0.1) is 0 Å². The van der Waals surface area contributed by atoms with Crippen molar-refractivity contribution in [1.29, 1.82) is 0 Å². The monoisotopic (exact) mass is 502 g/mol. The maximum atomic E-state index is 9.15. The summed E-state index contributed by atoms with van der Waals surface area (Å²) in [5.41, 5.74) is 0. The molecule has 0 spiro atoms. The molecule has 0 aromatic heterocycles. The SMILES string of the molecule is CCCCCCCCCCCCCC(O)CO.OCCCCCCCCCCCCCCCCO. The quantitative estimate of drug-likeness (QED) is 0.0809. The number of rotatable bonds is 28. The molecule has 35 heavy (non-hydrogen) atoms. The summed E-state index contributed by atoms with van der Waals surface area (Å²) in [6.45, 7) is 2.89. The summed E-state index contributed by atoms with van der Waals surface area (Å²) < 4.78 is 0. The van der Waals surface area contributed by atoms with Crippen LogP contribution in [-0.2, 0) is 0 Å². The molecule has 0 aromatic rings. The maximum Gasteiger partial charge on any atom is 0.0770 e. The molecule has 0 radical (unpaired) electrons. The van der Waals surface area contributed by atoms with E-state index in [0.717, 1.165) is 25.7 Å². The van der Waals surface area contributed by atoms with Crippen LogP contribution in [0.4, 0.5) is 0 Å². The normalized spacial score (nSPS) is 11.9. The molecule has 0 aromatic carbocycles. The van der Waals surface area contributed by atoms with Crippen LogP contribution in [0.2, 0.25) is 0 Å². The van der Waals surface area contributed by atoms with Gasteiger partial charge in [0.15, 0.2) is 0 Å². The highest BCUT2D eigenvalue weighted by molar-refractivity contribution is 4.54. The van der Waals surface area contributed by atoms with Crippen molar-refractivity contribution >= 4 is 0 Å². The van der Waals surface area contributed by atoms with E-state index in [1.807, 2.05) is 0 Å². The van der Waals surface area contributed by atoms with Crippen molar-refractivity contribution in [2.45, 2.75) is 180 Å². The van der Waals surface area contributed by atoms with Gasteiger partial charge in [-0.1, -0.05) is 155 Å². The van der Waals surface area contributed by atoms with Crippen molar-refractivity contribution in [2.24, 2.45) is 0 Å². The maximum absolute atomic E-state index is 9.15. The molecule has 4 heteroatoms. The molecule has 1 unspecified atom stereocenters. The fourth-order valence-electron chi connectivity index (χ4n) is 4.48. The molecule has 0 heterocycles. The first-order valence-corrected chi connectivity index (χ1v) is 15.7. The molecule has 0 saturated carbocycles. The summed E-state index contributed by atoms with van der Waals surface area (Å²) >= 11 is 0. The van der Waals surface area contributed by atoms with Gasteiger partial charge >= 0.3 is 0 Å². The molecule has 0 bridgehead atoms. The third kappa shape index (κ3) is 38.5. The van der Waals surface area contributed by atoms with Gasteiger partial charge in [-0.05, 0) is 19.3 Å². The van der Waals surface area contributed by atoms with E-state index in [2.05, 4.69) is 6.92 Å². The smallest absolute Gasteiger partial charge is 0.0770 e. The highest BCUT2D eigenvalue weighted by atomic mass is 16.3. The summed E-state index contributed by atoms with van der Waals surface area (Å²) in [7, 11) is 0. The summed E-state index contributed by atoms with van der Waals surface area (Å²) in [4.78, 5) is 0. The van der Waals surface area contributed by atoms with E-state index in [1.54, 1.807) is 0 Å². The second-order valence-electron chi connectivity index (χ2n) is 10.6. The highest BCUT2D eigenvalue weighted by Crippen LogP contribution is 2.13. The van der Waals surface area contributed by atoms with Gasteiger partial charge in [-0.2, -0.15) is 0 Å². The molecule has 4 N–H and O–H groups in total. The van der Waals surface area contributed by atoms with Crippen molar-refractivity contribution in [3.63, 3.8) is 0 Å². The zero-order chi connectivity index (χ0) is 26.1. The molecule has 0 aliphatic heterocycles. The van der Waals surface area contributed by atoms with Gasteiger partial charge in [0, 0.05) is 13.2 Å². The minimum atomic E-state index is -0.492. The van der Waals surface area contributed by atoms with Crippen molar-refractivity contribution in [3.05, 3.63) is 0 Å². The van der Waals surface area contributed by atoms with Crippen molar-refractivity contribution in [1.82, 2.24) is 0 Å². The van der Waals surface area contributed by atoms with Crippen molar-refractivity contribution in [3.8, 4) is 0 Å². The zero-order valence-electron chi connectivity index (χ0n) is 23.9. The van der Waals surface area contributed by atoms with Crippen LogP contribution in [0.1, 0.15) is 174 Å². The Kier molecular flexibility index (Phi) is 38.1. The number of unbranched alkanes of at least 4 members (excludes halogenated alkanes) is 23. The highest BCUT2D eigenvalue weighted by Gasteiger charge is 2.00. The lowest BCUT2D eigenvalue weighted by Gasteiger charge is -2.06. The van der Waals surface area contributed by atoms with E-state index in [9.17, 15) is 0 Å². The first-order valence-electron chi connectivity index (χ1n) is 15.7. The summed E-state index contributed by atoms with van der Waals surface area (Å²) in [6.07, 6.45) is 32.9. The Morgan fingerprint density at radius 1 is 0.371 bits per heavy atom. The molecule has 0 saturated heterocycles. The van der Waals surface area contributed by atoms with E-state index in [1.165, 1.54) is 141 Å². The van der Waals surface area contributed by atoms with E-state index in [0.29, 0.717) is 13.2 Å². The minimum absolute atomic E-state index is 0.0856. The Balaban J connectivity index is 0. The van der Waals surface area contributed by atoms with Crippen LogP contribution in [0.25, 0.3) is 0 Å². The number of hydrogen-bond acceptors (Lipinski definition) is 4. The third-order valence-corrected chi connectivity index (χ3v) is 6.92. The van der Waals surface area contributed by atoms with Crippen molar-refractivity contribution < 1.29 is 20.4 Å². The standard InChI is InChI=1S/C16H34O2.C15H32O2/c17-15-13-11-9-7-5-3-1-2-4-6-8-10-12-14-16-18;1-2-3-4-5-6-7-8-9-10-11-12-13-15(17)14-16/h17-18H,1-16H2;15-17H,2-14H2,1H3. The van der Waals surface area contributed by atoms with Gasteiger partial charge in [-0.25, -0.2) is 0 Å². The number of aliphatic hydroxyl groups excluding tert-OH is 4. The molecule has 0 amide bonds. The largest absolute Gasteiger partial charge is 0.396 e. The lowest BCUT2D eigenvalue weighted by atomic mass is 10.0. The van der Waals surface area contributed by atoms with Gasteiger partial charge in [0.1, 0.15) is 0 Å². The van der Waals surface area contributed by atoms with Crippen LogP contribution in [0.5, 0.6) is 0 Å². The predicted octanol–water partition coefficient (Wildman–Crippen LogP) is 8.47. The van der Waals surface area contributed by atoms with Gasteiger partial charge in [0.2, 0.25) is 0 Å². The first kappa shape index (κ1) is 37.0. The molecular formula is C31H66O4. The average molecular weight is 503 g/mol. The molecule has 0 aliphatic carbocycles. The number of hydrogen-bond donors (Lipinski definition) is 4. The molecule has 1 atom stereocenters. The van der Waals surface area contributed by atoms with Crippen LogP contribution < -0.4 is 0 Å². The van der Waals surface area contributed by atoms with Crippen LogP contribution in [0.3, 0.4) is 0 Å². The third-order valence-electron chi connectivity index (χ3n) is 6.92. The summed E-state index contributed by atoms with van der Waals surface area (Å²) in [5, 5.41) is 35.1. The zero-order valence-corrected chi connectivity index (χ0v) is 23.9. The van der Waals surface area contributed by atoms with E-state index in [4.69, 9.17) is 20.4 Å². The fraction of sp³-hybridized carbons (Fsp3) is 1.00. The predicted molar refractivity (Wildman–Crippen MR) is 153 cm³/mol. The van der Waals surface area contributed by atoms with Crippen molar-refractivity contribution in [2.75, 3.05) is 19.8 Å². The van der Waals surface area contributed by atoms with E-state index in [-0.39, 0.29) is 6.61 Å². The Morgan fingerprint density at radius 3 is 0.886 bits per heavy atom. The Morgan fingerprint density at radius 2 is 0.629 bits per heavy atom. The molecule has 4 nitrogen and oxygen atoms in total. The summed E-state index contributed by atoms with van der Waals surface area (Å²) in [6, 6.07) is 0. The average Bonchev–Trinajstić information content (AvgIpc) is 2.87. The van der Waals surface area contributed by atoms with Crippen LogP contribution >= 0.6 is 0 Å². The lowest BCUT2D eigenvalue weighted by Crippen LogP contribution is -2.10. The Bertz CT molecular complexity index is 322. The summed E-state index contributed by atoms with van der Waals surface area (Å²) in [5.74, 6) is 0. The number of aliphatic hydroxyl groups is 4. The van der Waals surface area contributed by atoms with E-state index >= 15 is 0 Å². The van der Waals surface area contributed by atoms with Crippen LogP contribution in [0.15, 0.2) is 0 Å². The molecule has 214 valence electrons. The molecule has 0 fully saturated rings.